The predicted molar refractivity (Wildman–Crippen MR) is 96.8 cm³/mol. The number of anilines is 1. The van der Waals surface area contributed by atoms with Crippen LogP contribution in [0.25, 0.3) is 0 Å². The highest BCUT2D eigenvalue weighted by Crippen LogP contribution is 2.48. The Hall–Kier alpha value is -2.44. The van der Waals surface area contributed by atoms with Gasteiger partial charge in [-0.3, -0.25) is 9.59 Å². The molecular formula is C19H26N2O5. The smallest absolute Gasteiger partial charge is 0.240 e. The average Bonchev–Trinajstić information content (AvgIpc) is 3.32. The quantitative estimate of drug-likeness (QED) is 0.728. The summed E-state index contributed by atoms with van der Waals surface area (Å²) in [5, 5.41) is 5.88. The second-order valence-electron chi connectivity index (χ2n) is 6.91. The summed E-state index contributed by atoms with van der Waals surface area (Å²) in [6.07, 6.45) is 5.40. The van der Waals surface area contributed by atoms with Crippen molar-refractivity contribution in [2.45, 2.75) is 44.6 Å². The molecule has 3 rings (SSSR count). The Labute approximate surface area is 153 Å². The number of methoxy groups -OCH3 is 3. The maximum Gasteiger partial charge on any atom is 0.240 e. The minimum Gasteiger partial charge on any atom is -0.493 e. The number of amides is 2. The van der Waals surface area contributed by atoms with Crippen molar-refractivity contribution < 1.29 is 23.8 Å². The number of hydrogen-bond acceptors (Lipinski definition) is 5. The zero-order valence-electron chi connectivity index (χ0n) is 15.5. The SMILES string of the molecule is COc1cc(NC(=O)C2(C(=O)NC3CCCC3)CC2)cc(OC)c1OC. The topological polar surface area (TPSA) is 85.9 Å². The molecule has 0 bridgehead atoms. The monoisotopic (exact) mass is 362 g/mol. The Morgan fingerprint density at radius 1 is 0.962 bits per heavy atom. The third-order valence-corrected chi connectivity index (χ3v) is 5.23. The zero-order valence-corrected chi connectivity index (χ0v) is 15.5. The van der Waals surface area contributed by atoms with Gasteiger partial charge < -0.3 is 24.8 Å². The lowest BCUT2D eigenvalue weighted by atomic mass is 10.0. The van der Waals surface area contributed by atoms with E-state index < -0.39 is 5.41 Å². The number of carbonyl (C=O) groups is 2. The van der Waals surface area contributed by atoms with E-state index in [1.54, 1.807) is 12.1 Å². The van der Waals surface area contributed by atoms with Crippen LogP contribution in [0.2, 0.25) is 0 Å². The molecule has 0 aliphatic heterocycles. The predicted octanol–water partition coefficient (Wildman–Crippen LogP) is 2.49. The first-order chi connectivity index (χ1) is 12.5. The van der Waals surface area contributed by atoms with Gasteiger partial charge in [0.25, 0.3) is 0 Å². The summed E-state index contributed by atoms with van der Waals surface area (Å²) in [5.41, 5.74) is -0.451. The third kappa shape index (κ3) is 3.43. The fraction of sp³-hybridized carbons (Fsp3) is 0.579. The molecule has 2 fully saturated rings. The molecule has 2 amide bonds. The summed E-state index contributed by atoms with van der Waals surface area (Å²) in [6, 6.07) is 3.52. The van der Waals surface area contributed by atoms with Crippen molar-refractivity contribution in [3.05, 3.63) is 12.1 Å². The van der Waals surface area contributed by atoms with Crippen LogP contribution in [0.4, 0.5) is 5.69 Å². The fourth-order valence-corrected chi connectivity index (χ4v) is 3.48. The maximum absolute atomic E-state index is 12.8. The van der Waals surface area contributed by atoms with Gasteiger partial charge in [-0.25, -0.2) is 0 Å². The molecule has 2 saturated carbocycles. The van der Waals surface area contributed by atoms with E-state index in [-0.39, 0.29) is 17.9 Å². The van der Waals surface area contributed by atoms with Gasteiger partial charge in [0, 0.05) is 23.9 Å². The fourth-order valence-electron chi connectivity index (χ4n) is 3.48. The van der Waals surface area contributed by atoms with Crippen LogP contribution in [0.3, 0.4) is 0 Å². The molecule has 0 heterocycles. The lowest BCUT2D eigenvalue weighted by molar-refractivity contribution is -0.134. The molecule has 2 N–H and O–H groups in total. The molecule has 7 nitrogen and oxygen atoms in total. The van der Waals surface area contributed by atoms with Crippen molar-refractivity contribution in [1.29, 1.82) is 0 Å². The number of rotatable bonds is 7. The van der Waals surface area contributed by atoms with Gasteiger partial charge in [-0.2, -0.15) is 0 Å². The number of hydrogen-bond donors (Lipinski definition) is 2. The van der Waals surface area contributed by atoms with Crippen LogP contribution in [-0.4, -0.2) is 39.2 Å². The van der Waals surface area contributed by atoms with Gasteiger partial charge in [0.05, 0.1) is 21.3 Å². The van der Waals surface area contributed by atoms with Crippen LogP contribution >= 0.6 is 0 Å². The number of benzene rings is 1. The molecule has 0 saturated heterocycles. The van der Waals surface area contributed by atoms with Crippen molar-refractivity contribution in [1.82, 2.24) is 5.32 Å². The van der Waals surface area contributed by atoms with Crippen molar-refractivity contribution >= 4 is 17.5 Å². The van der Waals surface area contributed by atoms with Crippen LogP contribution in [0.15, 0.2) is 12.1 Å². The highest BCUT2D eigenvalue weighted by Gasteiger charge is 2.56. The first-order valence-electron chi connectivity index (χ1n) is 8.96. The summed E-state index contributed by atoms with van der Waals surface area (Å²) < 4.78 is 15.9. The summed E-state index contributed by atoms with van der Waals surface area (Å²) in [5.74, 6) is 0.898. The second-order valence-corrected chi connectivity index (χ2v) is 6.91. The Morgan fingerprint density at radius 2 is 1.54 bits per heavy atom. The van der Waals surface area contributed by atoms with Crippen LogP contribution in [0.5, 0.6) is 17.2 Å². The van der Waals surface area contributed by atoms with E-state index in [2.05, 4.69) is 10.6 Å². The Bertz CT molecular complexity index is 668. The molecule has 0 aromatic heterocycles. The molecule has 0 atom stereocenters. The van der Waals surface area contributed by atoms with Crippen molar-refractivity contribution in [2.24, 2.45) is 5.41 Å². The van der Waals surface area contributed by atoms with E-state index in [0.29, 0.717) is 35.8 Å². The molecule has 7 heteroatoms. The lowest BCUT2D eigenvalue weighted by Crippen LogP contribution is -2.43. The second kappa shape index (κ2) is 7.43. The van der Waals surface area contributed by atoms with E-state index in [1.807, 2.05) is 0 Å². The number of ether oxygens (including phenoxy) is 3. The third-order valence-electron chi connectivity index (χ3n) is 5.23. The number of carbonyl (C=O) groups excluding carboxylic acids is 2. The number of nitrogens with one attached hydrogen (secondary N) is 2. The first-order valence-corrected chi connectivity index (χ1v) is 8.96. The lowest BCUT2D eigenvalue weighted by Gasteiger charge is -2.19. The highest BCUT2D eigenvalue weighted by atomic mass is 16.5. The van der Waals surface area contributed by atoms with Gasteiger partial charge in [0.2, 0.25) is 17.6 Å². The zero-order chi connectivity index (χ0) is 18.7. The highest BCUT2D eigenvalue weighted by molar-refractivity contribution is 6.13. The van der Waals surface area contributed by atoms with E-state index >= 15 is 0 Å². The molecule has 1 aromatic rings. The van der Waals surface area contributed by atoms with Gasteiger partial charge in [-0.15, -0.1) is 0 Å². The molecule has 2 aliphatic rings. The summed E-state index contributed by atoms with van der Waals surface area (Å²) >= 11 is 0. The molecule has 0 radical (unpaired) electrons. The largest absolute Gasteiger partial charge is 0.493 e. The Morgan fingerprint density at radius 3 is 2.00 bits per heavy atom. The molecular weight excluding hydrogens is 336 g/mol. The minimum absolute atomic E-state index is 0.158. The summed E-state index contributed by atoms with van der Waals surface area (Å²) in [7, 11) is 4.55. The Balaban J connectivity index is 1.73. The van der Waals surface area contributed by atoms with Crippen LogP contribution in [-0.2, 0) is 9.59 Å². The van der Waals surface area contributed by atoms with E-state index in [0.717, 1.165) is 25.7 Å². The molecule has 2 aliphatic carbocycles. The maximum atomic E-state index is 12.8. The van der Waals surface area contributed by atoms with Gasteiger partial charge in [0.15, 0.2) is 11.5 Å². The molecule has 26 heavy (non-hydrogen) atoms. The average molecular weight is 362 g/mol. The van der Waals surface area contributed by atoms with Gasteiger partial charge >= 0.3 is 0 Å². The molecule has 1 aromatic carbocycles. The van der Waals surface area contributed by atoms with Gasteiger partial charge in [-0.1, -0.05) is 12.8 Å². The standard InChI is InChI=1S/C19H26N2O5/c1-24-14-10-13(11-15(25-2)16(14)26-3)21-18(23)19(8-9-19)17(22)20-12-6-4-5-7-12/h10-12H,4-9H2,1-3H3,(H,20,22)(H,21,23). The molecule has 0 unspecified atom stereocenters. The summed E-state index contributed by atoms with van der Waals surface area (Å²) in [6.45, 7) is 0. The first kappa shape index (κ1) is 18.4. The van der Waals surface area contributed by atoms with E-state index in [1.165, 1.54) is 21.3 Å². The Kier molecular flexibility index (Phi) is 5.25. The van der Waals surface area contributed by atoms with Gasteiger partial charge in [0.1, 0.15) is 5.41 Å². The molecule has 142 valence electrons. The van der Waals surface area contributed by atoms with Crippen molar-refractivity contribution in [2.75, 3.05) is 26.6 Å². The molecule has 0 spiro atoms. The van der Waals surface area contributed by atoms with Crippen LogP contribution in [0, 0.1) is 5.41 Å². The summed E-state index contributed by atoms with van der Waals surface area (Å²) in [4.78, 5) is 25.4. The van der Waals surface area contributed by atoms with E-state index in [9.17, 15) is 9.59 Å². The van der Waals surface area contributed by atoms with E-state index in [4.69, 9.17) is 14.2 Å². The van der Waals surface area contributed by atoms with Crippen molar-refractivity contribution in [3.63, 3.8) is 0 Å². The van der Waals surface area contributed by atoms with Crippen LogP contribution in [0.1, 0.15) is 38.5 Å². The van der Waals surface area contributed by atoms with Crippen LogP contribution < -0.4 is 24.8 Å². The van der Waals surface area contributed by atoms with Gasteiger partial charge in [-0.05, 0) is 25.7 Å². The normalized spacial score (nSPS) is 18.1. The van der Waals surface area contributed by atoms with Crippen molar-refractivity contribution in [3.8, 4) is 17.2 Å². The minimum atomic E-state index is -0.955.